The molecule has 5 rings (SSSR count). The van der Waals surface area contributed by atoms with Gasteiger partial charge in [-0.2, -0.15) is 0 Å². The summed E-state index contributed by atoms with van der Waals surface area (Å²) in [5.41, 5.74) is 7.01. The van der Waals surface area contributed by atoms with E-state index in [1.807, 2.05) is 6.07 Å². The third-order valence-corrected chi connectivity index (χ3v) is 6.66. The lowest BCUT2D eigenvalue weighted by Crippen LogP contribution is -2.28. The first-order valence-electron chi connectivity index (χ1n) is 10.3. The molecule has 0 radical (unpaired) electrons. The summed E-state index contributed by atoms with van der Waals surface area (Å²) in [6, 6.07) is 25.7. The van der Waals surface area contributed by atoms with Crippen molar-refractivity contribution in [2.45, 2.75) is 0 Å². The highest BCUT2D eigenvalue weighted by atomic mass is 32.1. The normalized spacial score (nSPS) is 11.6. The molecule has 31 heavy (non-hydrogen) atoms. The Balaban J connectivity index is 1.56. The molecule has 0 bridgehead atoms. The minimum absolute atomic E-state index is 1.06. The average molecular weight is 423 g/mol. The lowest BCUT2D eigenvalue weighted by atomic mass is 10.0. The number of para-hydroxylation sites is 1. The molecule has 0 aliphatic carbocycles. The number of fused-ring (bicyclic) bond motifs is 2. The predicted molar refractivity (Wildman–Crippen MR) is 133 cm³/mol. The number of anilines is 1. The summed E-state index contributed by atoms with van der Waals surface area (Å²) in [5.74, 6) is 0. The summed E-state index contributed by atoms with van der Waals surface area (Å²) in [7, 11) is 6.21. The number of hydrogen-bond donors (Lipinski definition) is 0. The summed E-state index contributed by atoms with van der Waals surface area (Å²) in [6.07, 6.45) is 6.50. The molecule has 0 saturated heterocycles. The molecule has 152 valence electrons. The molecule has 0 aliphatic rings. The van der Waals surface area contributed by atoms with E-state index in [2.05, 4.69) is 116 Å². The molecule has 0 aliphatic heterocycles. The Hall–Kier alpha value is -3.50. The molecule has 2 heterocycles. The fourth-order valence-corrected chi connectivity index (χ4v) is 4.74. The molecule has 3 nitrogen and oxygen atoms in total. The summed E-state index contributed by atoms with van der Waals surface area (Å²) in [4.78, 5) is 6.96. The second-order valence-electron chi connectivity index (χ2n) is 7.92. The van der Waals surface area contributed by atoms with Gasteiger partial charge >= 0.3 is 0 Å². The van der Waals surface area contributed by atoms with Crippen LogP contribution in [0.3, 0.4) is 0 Å². The zero-order chi connectivity index (χ0) is 21.4. The summed E-state index contributed by atoms with van der Waals surface area (Å²) >= 11 is 1.74. The van der Waals surface area contributed by atoms with Crippen molar-refractivity contribution in [3.8, 4) is 10.6 Å². The minimum Gasteiger partial charge on any atom is -0.378 e. The third kappa shape index (κ3) is 3.82. The zero-order valence-corrected chi connectivity index (χ0v) is 18.7. The Bertz CT molecular complexity index is 1380. The maximum atomic E-state index is 4.85. The number of hydrogen-bond acceptors (Lipinski definition) is 3. The van der Waals surface area contributed by atoms with Crippen molar-refractivity contribution in [2.24, 2.45) is 7.05 Å². The molecular weight excluding hydrogens is 398 g/mol. The van der Waals surface area contributed by atoms with E-state index in [9.17, 15) is 0 Å². The van der Waals surface area contributed by atoms with Crippen LogP contribution in [0.15, 0.2) is 79.0 Å². The van der Waals surface area contributed by atoms with Crippen LogP contribution in [0.1, 0.15) is 11.1 Å². The van der Waals surface area contributed by atoms with Gasteiger partial charge in [-0.05, 0) is 47.5 Å². The quantitative estimate of drug-likeness (QED) is 0.322. The SMILES string of the molecule is CN(C)c1ccc(/C=C/c2cc[n+](C)c3ccc(-c4nc5ccccc5s4)cc23)cc1. The molecule has 0 atom stereocenters. The molecule has 0 unspecified atom stereocenters. The Labute approximate surface area is 186 Å². The number of aryl methyl sites for hydroxylation is 1. The van der Waals surface area contributed by atoms with Crippen LogP contribution in [-0.2, 0) is 7.05 Å². The van der Waals surface area contributed by atoms with Crippen LogP contribution in [0.25, 0.3) is 43.8 Å². The number of nitrogens with zero attached hydrogens (tertiary/aromatic N) is 3. The molecule has 0 fully saturated rings. The van der Waals surface area contributed by atoms with Gasteiger partial charge in [-0.1, -0.05) is 36.4 Å². The molecule has 0 amide bonds. The van der Waals surface area contributed by atoms with Crippen LogP contribution in [0.2, 0.25) is 0 Å². The van der Waals surface area contributed by atoms with Crippen LogP contribution >= 0.6 is 11.3 Å². The van der Waals surface area contributed by atoms with Crippen molar-refractivity contribution in [2.75, 3.05) is 19.0 Å². The second kappa shape index (κ2) is 7.97. The van der Waals surface area contributed by atoms with Gasteiger partial charge in [-0.15, -0.1) is 11.3 Å². The Morgan fingerprint density at radius 2 is 1.71 bits per heavy atom. The summed E-state index contributed by atoms with van der Waals surface area (Å²) < 4.78 is 3.39. The topological polar surface area (TPSA) is 20.0 Å². The highest BCUT2D eigenvalue weighted by molar-refractivity contribution is 7.21. The maximum Gasteiger partial charge on any atom is 0.212 e. The van der Waals surface area contributed by atoms with E-state index >= 15 is 0 Å². The first-order chi connectivity index (χ1) is 15.1. The van der Waals surface area contributed by atoms with Crippen molar-refractivity contribution in [1.29, 1.82) is 0 Å². The lowest BCUT2D eigenvalue weighted by molar-refractivity contribution is -0.644. The fourth-order valence-electron chi connectivity index (χ4n) is 3.78. The van der Waals surface area contributed by atoms with Crippen molar-refractivity contribution in [3.05, 3.63) is 90.1 Å². The van der Waals surface area contributed by atoms with Gasteiger partial charge in [0.1, 0.15) is 12.1 Å². The molecule has 4 heteroatoms. The number of pyridine rings is 1. The van der Waals surface area contributed by atoms with Crippen LogP contribution in [-0.4, -0.2) is 19.1 Å². The standard InChI is InChI=1S/C27H24N3S/c1-29(2)22-13-9-19(10-14-22)8-11-20-16-17-30(3)25-15-12-21(18-23(20)25)27-28-24-6-4-5-7-26(24)31-27/h4-18H,1-3H3/q+1. The van der Waals surface area contributed by atoms with Crippen LogP contribution < -0.4 is 9.47 Å². The smallest absolute Gasteiger partial charge is 0.212 e. The zero-order valence-electron chi connectivity index (χ0n) is 17.9. The monoisotopic (exact) mass is 422 g/mol. The van der Waals surface area contributed by atoms with Gasteiger partial charge in [0.05, 0.1) is 15.6 Å². The van der Waals surface area contributed by atoms with Crippen molar-refractivity contribution in [3.63, 3.8) is 0 Å². The Morgan fingerprint density at radius 3 is 2.48 bits per heavy atom. The molecule has 5 aromatic rings. The van der Waals surface area contributed by atoms with E-state index < -0.39 is 0 Å². The van der Waals surface area contributed by atoms with Gasteiger partial charge in [-0.25, -0.2) is 9.55 Å². The van der Waals surface area contributed by atoms with E-state index in [-0.39, 0.29) is 0 Å². The van der Waals surface area contributed by atoms with Crippen molar-refractivity contribution in [1.82, 2.24) is 4.98 Å². The minimum atomic E-state index is 1.06. The van der Waals surface area contributed by atoms with E-state index in [4.69, 9.17) is 4.98 Å². The van der Waals surface area contributed by atoms with Crippen LogP contribution in [0, 0.1) is 0 Å². The Morgan fingerprint density at radius 1 is 0.903 bits per heavy atom. The van der Waals surface area contributed by atoms with Crippen LogP contribution in [0.5, 0.6) is 0 Å². The van der Waals surface area contributed by atoms with Crippen molar-refractivity contribution < 1.29 is 4.57 Å². The maximum absolute atomic E-state index is 4.85. The number of rotatable bonds is 4. The molecule has 0 N–H and O–H groups in total. The molecular formula is C27H24N3S+. The van der Waals surface area contributed by atoms with Gasteiger partial charge in [0.2, 0.25) is 5.52 Å². The van der Waals surface area contributed by atoms with Crippen molar-refractivity contribution >= 4 is 50.3 Å². The molecule has 0 saturated carbocycles. The number of aromatic nitrogens is 2. The van der Waals surface area contributed by atoms with E-state index in [0.29, 0.717) is 0 Å². The Kier molecular flexibility index (Phi) is 5.00. The first kappa shape index (κ1) is 19.5. The highest BCUT2D eigenvalue weighted by Crippen LogP contribution is 2.32. The van der Waals surface area contributed by atoms with Gasteiger partial charge in [0.15, 0.2) is 6.20 Å². The number of thiazole rings is 1. The second-order valence-corrected chi connectivity index (χ2v) is 8.95. The lowest BCUT2D eigenvalue weighted by Gasteiger charge is -2.11. The first-order valence-corrected chi connectivity index (χ1v) is 11.1. The largest absolute Gasteiger partial charge is 0.378 e. The van der Waals surface area contributed by atoms with Gasteiger partial charge in [0, 0.05) is 37.5 Å². The molecule has 2 aromatic heterocycles. The van der Waals surface area contributed by atoms with Gasteiger partial charge in [0.25, 0.3) is 0 Å². The summed E-state index contributed by atoms with van der Waals surface area (Å²) in [6.45, 7) is 0. The van der Waals surface area contributed by atoms with E-state index in [1.165, 1.54) is 32.4 Å². The van der Waals surface area contributed by atoms with Crippen LogP contribution in [0.4, 0.5) is 5.69 Å². The third-order valence-electron chi connectivity index (χ3n) is 5.57. The molecule has 0 spiro atoms. The number of benzene rings is 3. The van der Waals surface area contributed by atoms with Gasteiger partial charge in [-0.3, -0.25) is 0 Å². The molecule has 3 aromatic carbocycles. The van der Waals surface area contributed by atoms with E-state index in [0.717, 1.165) is 16.1 Å². The van der Waals surface area contributed by atoms with Gasteiger partial charge < -0.3 is 4.90 Å². The summed E-state index contributed by atoms with van der Waals surface area (Å²) in [5, 5.41) is 2.28. The fraction of sp³-hybridized carbons (Fsp3) is 0.111. The van der Waals surface area contributed by atoms with E-state index in [1.54, 1.807) is 11.3 Å². The predicted octanol–water partition coefficient (Wildman–Crippen LogP) is 6.18. The highest BCUT2D eigenvalue weighted by Gasteiger charge is 2.12. The average Bonchev–Trinajstić information content (AvgIpc) is 3.23.